The SMILES string of the molecule is COC(=O)C1(c2ccc(OC)c([N+](=O)[O-])c2)CC1.COC(=O)C1(c2ccc(OC)cc2)CC1. The van der Waals surface area contributed by atoms with Gasteiger partial charge in [0.15, 0.2) is 5.75 Å². The number of ether oxygens (including phenoxy) is 4. The third kappa shape index (κ3) is 4.62. The monoisotopic (exact) mass is 457 g/mol. The molecule has 33 heavy (non-hydrogen) atoms. The maximum Gasteiger partial charge on any atom is 0.316 e. The van der Waals surface area contributed by atoms with Crippen LogP contribution in [0.15, 0.2) is 42.5 Å². The molecule has 0 bridgehead atoms. The minimum atomic E-state index is -0.703. The van der Waals surface area contributed by atoms with E-state index in [2.05, 4.69) is 0 Å². The standard InChI is InChI=1S/C12H13NO5.C12H14O3/c1-17-10-4-3-8(7-9(10)13(15)16)12(5-6-12)11(14)18-2;1-14-10-5-3-9(4-6-10)12(7-8-12)11(13)15-2/h3-4,7H,5-6H2,1-2H3;3-6H,7-8H2,1-2H3. The van der Waals surface area contributed by atoms with E-state index < -0.39 is 10.3 Å². The van der Waals surface area contributed by atoms with E-state index in [1.807, 2.05) is 24.3 Å². The number of nitro groups is 1. The second-order valence-corrected chi connectivity index (χ2v) is 8.02. The van der Waals surface area contributed by atoms with Crippen LogP contribution in [0.4, 0.5) is 5.69 Å². The van der Waals surface area contributed by atoms with Crippen LogP contribution in [0.5, 0.6) is 11.5 Å². The molecule has 2 aromatic carbocycles. The van der Waals surface area contributed by atoms with Crippen molar-refractivity contribution in [3.8, 4) is 11.5 Å². The van der Waals surface area contributed by atoms with Crippen molar-refractivity contribution in [2.24, 2.45) is 0 Å². The van der Waals surface area contributed by atoms with E-state index in [0.717, 1.165) is 24.2 Å². The van der Waals surface area contributed by atoms with Crippen LogP contribution in [0.3, 0.4) is 0 Å². The van der Waals surface area contributed by atoms with Gasteiger partial charge in [-0.3, -0.25) is 19.7 Å². The topological polar surface area (TPSA) is 114 Å². The average molecular weight is 457 g/mol. The molecule has 0 atom stereocenters. The second kappa shape index (κ2) is 9.48. The second-order valence-electron chi connectivity index (χ2n) is 8.02. The van der Waals surface area contributed by atoms with Crippen molar-refractivity contribution in [2.45, 2.75) is 36.5 Å². The van der Waals surface area contributed by atoms with Gasteiger partial charge < -0.3 is 18.9 Å². The molecular formula is C24H27NO8. The Hall–Kier alpha value is -3.62. The lowest BCUT2D eigenvalue weighted by Gasteiger charge is -2.13. The number of benzene rings is 2. The van der Waals surface area contributed by atoms with Crippen LogP contribution >= 0.6 is 0 Å². The summed E-state index contributed by atoms with van der Waals surface area (Å²) in [6.45, 7) is 0. The Morgan fingerprint density at radius 3 is 1.67 bits per heavy atom. The van der Waals surface area contributed by atoms with Crippen LogP contribution in [0.1, 0.15) is 36.8 Å². The summed E-state index contributed by atoms with van der Waals surface area (Å²) >= 11 is 0. The van der Waals surface area contributed by atoms with E-state index in [9.17, 15) is 19.7 Å². The summed E-state index contributed by atoms with van der Waals surface area (Å²) in [7, 11) is 5.75. The zero-order chi connectivity index (χ0) is 24.2. The van der Waals surface area contributed by atoms with Crippen LogP contribution in [-0.2, 0) is 29.9 Å². The number of hydrogen-bond acceptors (Lipinski definition) is 8. The molecule has 9 heteroatoms. The number of esters is 2. The highest BCUT2D eigenvalue weighted by Gasteiger charge is 2.53. The van der Waals surface area contributed by atoms with Crippen molar-refractivity contribution >= 4 is 17.6 Å². The average Bonchev–Trinajstić information content (AvgIpc) is 3.77. The number of rotatable bonds is 7. The van der Waals surface area contributed by atoms with Crippen molar-refractivity contribution in [3.05, 3.63) is 63.7 Å². The number of hydrogen-bond donors (Lipinski definition) is 0. The number of methoxy groups -OCH3 is 4. The Morgan fingerprint density at radius 1 is 0.788 bits per heavy atom. The van der Waals surface area contributed by atoms with Gasteiger partial charge in [0.1, 0.15) is 5.75 Å². The van der Waals surface area contributed by atoms with Gasteiger partial charge in [0, 0.05) is 6.07 Å². The molecule has 0 saturated heterocycles. The van der Waals surface area contributed by atoms with E-state index >= 15 is 0 Å². The number of nitro benzene ring substituents is 1. The van der Waals surface area contributed by atoms with Crippen molar-refractivity contribution in [1.29, 1.82) is 0 Å². The summed E-state index contributed by atoms with van der Waals surface area (Å²) in [6.07, 6.45) is 3.07. The number of carbonyl (C=O) groups excluding carboxylic acids is 2. The van der Waals surface area contributed by atoms with Crippen molar-refractivity contribution in [3.63, 3.8) is 0 Å². The van der Waals surface area contributed by atoms with E-state index in [1.165, 1.54) is 33.5 Å². The highest BCUT2D eigenvalue weighted by Crippen LogP contribution is 2.51. The van der Waals surface area contributed by atoms with Crippen molar-refractivity contribution in [2.75, 3.05) is 28.4 Å². The normalized spacial score (nSPS) is 16.4. The van der Waals surface area contributed by atoms with Gasteiger partial charge in [0.05, 0.1) is 44.2 Å². The third-order valence-corrected chi connectivity index (χ3v) is 6.22. The molecule has 2 aromatic rings. The van der Waals surface area contributed by atoms with Gasteiger partial charge in [0.25, 0.3) is 0 Å². The fourth-order valence-corrected chi connectivity index (χ4v) is 3.90. The molecule has 2 aliphatic carbocycles. The van der Waals surface area contributed by atoms with Gasteiger partial charge in [-0.2, -0.15) is 0 Å². The molecule has 2 saturated carbocycles. The molecule has 2 aliphatic rings. The molecule has 0 heterocycles. The molecule has 0 amide bonds. The lowest BCUT2D eigenvalue weighted by Crippen LogP contribution is -2.21. The molecule has 0 N–H and O–H groups in total. The largest absolute Gasteiger partial charge is 0.497 e. The van der Waals surface area contributed by atoms with Crippen LogP contribution in [-0.4, -0.2) is 45.3 Å². The van der Waals surface area contributed by atoms with Crippen molar-refractivity contribution in [1.82, 2.24) is 0 Å². The minimum absolute atomic E-state index is 0.132. The maximum atomic E-state index is 11.7. The fraction of sp³-hybridized carbons (Fsp3) is 0.417. The number of nitrogens with zero attached hydrogens (tertiary/aromatic N) is 1. The predicted octanol–water partition coefficient (Wildman–Crippen LogP) is 3.71. The quantitative estimate of drug-likeness (QED) is 0.351. The molecule has 0 unspecified atom stereocenters. The first kappa shape index (κ1) is 24.0. The minimum Gasteiger partial charge on any atom is -0.497 e. The predicted molar refractivity (Wildman–Crippen MR) is 118 cm³/mol. The summed E-state index contributed by atoms with van der Waals surface area (Å²) in [5.41, 5.74) is 0.425. The molecule has 4 rings (SSSR count). The third-order valence-electron chi connectivity index (χ3n) is 6.22. The van der Waals surface area contributed by atoms with E-state index in [4.69, 9.17) is 18.9 Å². The summed E-state index contributed by atoms with van der Waals surface area (Å²) in [6, 6.07) is 12.2. The molecule has 0 aliphatic heterocycles. The first-order valence-corrected chi connectivity index (χ1v) is 10.4. The lowest BCUT2D eigenvalue weighted by atomic mass is 9.95. The van der Waals surface area contributed by atoms with E-state index in [-0.39, 0.29) is 28.8 Å². The van der Waals surface area contributed by atoms with Crippen LogP contribution < -0.4 is 9.47 Å². The Balaban J connectivity index is 0.000000189. The molecule has 2 fully saturated rings. The molecule has 0 radical (unpaired) electrons. The summed E-state index contributed by atoms with van der Waals surface area (Å²) < 4.78 is 19.6. The van der Waals surface area contributed by atoms with E-state index in [0.29, 0.717) is 18.4 Å². The summed E-state index contributed by atoms with van der Waals surface area (Å²) in [5.74, 6) is 0.512. The zero-order valence-corrected chi connectivity index (χ0v) is 19.1. The van der Waals surface area contributed by atoms with Crippen LogP contribution in [0.25, 0.3) is 0 Å². The molecule has 176 valence electrons. The van der Waals surface area contributed by atoms with Gasteiger partial charge in [-0.1, -0.05) is 18.2 Å². The number of carbonyl (C=O) groups is 2. The smallest absolute Gasteiger partial charge is 0.316 e. The molecular weight excluding hydrogens is 430 g/mol. The first-order chi connectivity index (χ1) is 15.8. The van der Waals surface area contributed by atoms with Gasteiger partial charge in [-0.15, -0.1) is 0 Å². The van der Waals surface area contributed by atoms with Gasteiger partial charge in [0.2, 0.25) is 0 Å². The lowest BCUT2D eigenvalue weighted by molar-refractivity contribution is -0.385. The fourth-order valence-electron chi connectivity index (χ4n) is 3.90. The van der Waals surface area contributed by atoms with Crippen LogP contribution in [0.2, 0.25) is 0 Å². The summed E-state index contributed by atoms with van der Waals surface area (Å²) in [5, 5.41) is 10.9. The summed E-state index contributed by atoms with van der Waals surface area (Å²) in [4.78, 5) is 33.7. The van der Waals surface area contributed by atoms with Gasteiger partial charge >= 0.3 is 17.6 Å². The highest BCUT2D eigenvalue weighted by molar-refractivity contribution is 5.87. The Kier molecular flexibility index (Phi) is 6.90. The van der Waals surface area contributed by atoms with Crippen molar-refractivity contribution < 1.29 is 33.5 Å². The Bertz CT molecular complexity index is 1040. The van der Waals surface area contributed by atoms with E-state index in [1.54, 1.807) is 13.2 Å². The Morgan fingerprint density at radius 2 is 1.27 bits per heavy atom. The molecule has 0 spiro atoms. The molecule has 0 aromatic heterocycles. The molecule has 9 nitrogen and oxygen atoms in total. The van der Waals surface area contributed by atoms with Gasteiger partial charge in [-0.25, -0.2) is 0 Å². The first-order valence-electron chi connectivity index (χ1n) is 10.4. The highest BCUT2D eigenvalue weighted by atomic mass is 16.6. The maximum absolute atomic E-state index is 11.7. The van der Waals surface area contributed by atoms with Gasteiger partial charge in [-0.05, 0) is 55.0 Å². The van der Waals surface area contributed by atoms with Crippen LogP contribution in [0, 0.1) is 10.1 Å². The zero-order valence-electron chi connectivity index (χ0n) is 19.1. The Labute approximate surface area is 191 Å².